The molecule has 0 aliphatic rings. The number of nitrogens with zero attached hydrogens (tertiary/aromatic N) is 1. The molecule has 3 N–H and O–H groups in total. The molecule has 0 saturated heterocycles. The van der Waals surface area contributed by atoms with Crippen molar-refractivity contribution in [3.05, 3.63) is 34.3 Å². The average molecular weight is 274 g/mol. The Hall–Kier alpha value is -1.43. The number of benzene rings is 1. The van der Waals surface area contributed by atoms with Crippen LogP contribution in [0.4, 0.5) is 14.6 Å². The molecule has 1 aromatic heterocycles. The molecule has 0 atom stereocenters. The Kier molecular flexibility index (Phi) is 2.44. The molecule has 6 heteroatoms. The number of halogens is 3. The molecule has 3 nitrogen and oxygen atoms in total. The van der Waals surface area contributed by atoms with Gasteiger partial charge in [0.05, 0.1) is 10.2 Å². The topological polar surface area (TPSA) is 54.7 Å². The third kappa shape index (κ3) is 1.85. The number of hydrogen-bond acceptors (Lipinski definition) is 2. The summed E-state index contributed by atoms with van der Waals surface area (Å²) in [6, 6.07) is 4.07. The molecule has 0 unspecified atom stereocenters. The number of nitrogens with one attached hydrogen (secondary N) is 1. The molecule has 2 aromatic rings. The summed E-state index contributed by atoms with van der Waals surface area (Å²) < 4.78 is 26.1. The van der Waals surface area contributed by atoms with E-state index in [9.17, 15) is 8.78 Å². The molecule has 78 valence electrons. The van der Waals surface area contributed by atoms with Crippen LogP contribution in [-0.4, -0.2) is 10.2 Å². The second-order valence-electron chi connectivity index (χ2n) is 2.96. The van der Waals surface area contributed by atoms with E-state index in [0.29, 0.717) is 17.1 Å². The molecule has 15 heavy (non-hydrogen) atoms. The Morgan fingerprint density at radius 3 is 2.53 bits per heavy atom. The van der Waals surface area contributed by atoms with Crippen molar-refractivity contribution in [1.82, 2.24) is 10.2 Å². The Balaban J connectivity index is 2.55. The van der Waals surface area contributed by atoms with Crippen LogP contribution in [0.2, 0.25) is 0 Å². The summed E-state index contributed by atoms with van der Waals surface area (Å²) in [5.41, 5.74) is 6.41. The number of rotatable bonds is 1. The van der Waals surface area contributed by atoms with E-state index in [1.807, 2.05) is 0 Å². The van der Waals surface area contributed by atoms with E-state index in [0.717, 1.165) is 6.07 Å². The van der Waals surface area contributed by atoms with Gasteiger partial charge in [-0.1, -0.05) is 0 Å². The van der Waals surface area contributed by atoms with E-state index in [4.69, 9.17) is 5.73 Å². The first-order chi connectivity index (χ1) is 7.08. The van der Waals surface area contributed by atoms with Gasteiger partial charge in [-0.15, -0.1) is 0 Å². The van der Waals surface area contributed by atoms with Gasteiger partial charge in [0.15, 0.2) is 11.6 Å². The van der Waals surface area contributed by atoms with Crippen LogP contribution in [0.25, 0.3) is 11.3 Å². The van der Waals surface area contributed by atoms with Gasteiger partial charge in [-0.25, -0.2) is 8.78 Å². The lowest BCUT2D eigenvalue weighted by Crippen LogP contribution is -1.88. The van der Waals surface area contributed by atoms with Crippen molar-refractivity contribution in [3.63, 3.8) is 0 Å². The average Bonchev–Trinajstić information content (AvgIpc) is 2.60. The van der Waals surface area contributed by atoms with Gasteiger partial charge < -0.3 is 5.73 Å². The van der Waals surface area contributed by atoms with Gasteiger partial charge in [0, 0.05) is 11.6 Å². The number of H-pyrrole nitrogens is 1. The van der Waals surface area contributed by atoms with Gasteiger partial charge in [-0.2, -0.15) is 5.10 Å². The van der Waals surface area contributed by atoms with Crippen molar-refractivity contribution in [2.45, 2.75) is 0 Å². The fourth-order valence-electron chi connectivity index (χ4n) is 1.20. The monoisotopic (exact) mass is 273 g/mol. The van der Waals surface area contributed by atoms with Gasteiger partial charge in [-0.3, -0.25) is 5.10 Å². The van der Waals surface area contributed by atoms with Crippen molar-refractivity contribution in [3.8, 4) is 11.3 Å². The lowest BCUT2D eigenvalue weighted by Gasteiger charge is -2.01. The minimum absolute atomic E-state index is 0.0608. The highest BCUT2D eigenvalue weighted by Gasteiger charge is 2.10. The summed E-state index contributed by atoms with van der Waals surface area (Å²) in [6.45, 7) is 0. The Morgan fingerprint density at radius 2 is 2.00 bits per heavy atom. The zero-order valence-electron chi connectivity index (χ0n) is 7.39. The van der Waals surface area contributed by atoms with Crippen LogP contribution >= 0.6 is 15.9 Å². The number of hydrogen-bond donors (Lipinski definition) is 2. The van der Waals surface area contributed by atoms with Gasteiger partial charge >= 0.3 is 0 Å². The van der Waals surface area contributed by atoms with Crippen LogP contribution in [0.3, 0.4) is 0 Å². The molecule has 0 fully saturated rings. The van der Waals surface area contributed by atoms with Crippen LogP contribution in [-0.2, 0) is 0 Å². The van der Waals surface area contributed by atoms with E-state index in [1.54, 1.807) is 6.07 Å². The standard InChI is InChI=1S/C9H6BrF2N3/c10-5-1-4(2-6(11)9(5)12)7-3-8(13)15-14-7/h1-3H,(H3,13,14,15). The normalized spacial score (nSPS) is 10.6. The second-order valence-corrected chi connectivity index (χ2v) is 3.81. The van der Waals surface area contributed by atoms with Crippen molar-refractivity contribution >= 4 is 21.7 Å². The number of anilines is 1. The first-order valence-electron chi connectivity index (χ1n) is 4.03. The fraction of sp³-hybridized carbons (Fsp3) is 0. The molecule has 0 saturated carbocycles. The van der Waals surface area contributed by atoms with Crippen molar-refractivity contribution in [2.75, 3.05) is 5.73 Å². The maximum Gasteiger partial charge on any atom is 0.173 e. The van der Waals surface area contributed by atoms with E-state index < -0.39 is 11.6 Å². The summed E-state index contributed by atoms with van der Waals surface area (Å²) in [5.74, 6) is -1.54. The van der Waals surface area contributed by atoms with Crippen LogP contribution in [0, 0.1) is 11.6 Å². The van der Waals surface area contributed by atoms with Gasteiger partial charge in [0.1, 0.15) is 5.82 Å². The number of aromatic amines is 1. The van der Waals surface area contributed by atoms with E-state index in [1.165, 1.54) is 6.07 Å². The highest BCUT2D eigenvalue weighted by molar-refractivity contribution is 9.10. The molecule has 0 spiro atoms. The maximum absolute atomic E-state index is 13.1. The van der Waals surface area contributed by atoms with Gasteiger partial charge in [0.25, 0.3) is 0 Å². The van der Waals surface area contributed by atoms with Gasteiger partial charge in [0.2, 0.25) is 0 Å². The van der Waals surface area contributed by atoms with Crippen LogP contribution < -0.4 is 5.73 Å². The molecule has 1 aromatic carbocycles. The quantitative estimate of drug-likeness (QED) is 0.785. The number of nitrogens with two attached hydrogens (primary N) is 1. The summed E-state index contributed by atoms with van der Waals surface area (Å²) in [4.78, 5) is 0. The lowest BCUT2D eigenvalue weighted by atomic mass is 10.1. The molecule has 0 aliphatic carbocycles. The molecule has 0 bridgehead atoms. The smallest absolute Gasteiger partial charge is 0.173 e. The van der Waals surface area contributed by atoms with Crippen molar-refractivity contribution in [1.29, 1.82) is 0 Å². The third-order valence-electron chi connectivity index (χ3n) is 1.89. The minimum atomic E-state index is -0.924. The predicted molar refractivity (Wildman–Crippen MR) is 56.1 cm³/mol. The summed E-state index contributed by atoms with van der Waals surface area (Å²) >= 11 is 2.92. The van der Waals surface area contributed by atoms with Crippen molar-refractivity contribution < 1.29 is 8.78 Å². The molecular formula is C9H6BrF2N3. The molecule has 1 heterocycles. The summed E-state index contributed by atoms with van der Waals surface area (Å²) in [5, 5.41) is 6.31. The third-order valence-corrected chi connectivity index (χ3v) is 2.47. The second kappa shape index (κ2) is 3.62. The number of aromatic nitrogens is 2. The Morgan fingerprint density at radius 1 is 1.27 bits per heavy atom. The molecule has 0 aliphatic heterocycles. The van der Waals surface area contributed by atoms with Crippen molar-refractivity contribution in [2.24, 2.45) is 0 Å². The summed E-state index contributed by atoms with van der Waals surface area (Å²) in [6.07, 6.45) is 0. The first-order valence-corrected chi connectivity index (χ1v) is 4.83. The maximum atomic E-state index is 13.1. The van der Waals surface area contributed by atoms with E-state index in [2.05, 4.69) is 26.1 Å². The Labute approximate surface area is 92.4 Å². The highest BCUT2D eigenvalue weighted by Crippen LogP contribution is 2.26. The summed E-state index contributed by atoms with van der Waals surface area (Å²) in [7, 11) is 0. The first kappa shape index (κ1) is 10.1. The molecule has 0 amide bonds. The van der Waals surface area contributed by atoms with Gasteiger partial charge in [-0.05, 0) is 28.1 Å². The number of nitrogen functional groups attached to an aromatic ring is 1. The zero-order valence-corrected chi connectivity index (χ0v) is 8.98. The Bertz CT molecular complexity index is 487. The molecule has 0 radical (unpaired) electrons. The lowest BCUT2D eigenvalue weighted by molar-refractivity contribution is 0.504. The molecular weight excluding hydrogens is 268 g/mol. The van der Waals surface area contributed by atoms with Crippen LogP contribution in [0.5, 0.6) is 0 Å². The van der Waals surface area contributed by atoms with Crippen LogP contribution in [0.1, 0.15) is 0 Å². The predicted octanol–water partition coefficient (Wildman–Crippen LogP) is 2.70. The van der Waals surface area contributed by atoms with Crippen LogP contribution in [0.15, 0.2) is 22.7 Å². The largest absolute Gasteiger partial charge is 0.382 e. The fourth-order valence-corrected chi connectivity index (χ4v) is 1.63. The van der Waals surface area contributed by atoms with E-state index in [-0.39, 0.29) is 4.47 Å². The van der Waals surface area contributed by atoms with E-state index >= 15 is 0 Å². The minimum Gasteiger partial charge on any atom is -0.382 e. The highest BCUT2D eigenvalue weighted by atomic mass is 79.9. The zero-order chi connectivity index (χ0) is 11.0. The molecule has 2 rings (SSSR count). The SMILES string of the molecule is Nc1cc(-c2cc(F)c(F)c(Br)c2)[nH]n1.